The van der Waals surface area contributed by atoms with Gasteiger partial charge in [-0.15, -0.1) is 0 Å². The molecule has 17 heavy (non-hydrogen) atoms. The molecule has 0 fully saturated rings. The van der Waals surface area contributed by atoms with Crippen LogP contribution in [-0.4, -0.2) is 20.8 Å². The topological polar surface area (TPSA) is 109 Å². The first-order chi connectivity index (χ1) is 8.15. The Bertz CT molecular complexity index is 592. The number of aromatic amines is 1. The second-order valence-electron chi connectivity index (χ2n) is 3.13. The van der Waals surface area contributed by atoms with E-state index in [-0.39, 0.29) is 11.4 Å². The van der Waals surface area contributed by atoms with Crippen molar-refractivity contribution in [3.63, 3.8) is 0 Å². The summed E-state index contributed by atoms with van der Waals surface area (Å²) < 4.78 is 0. The fraction of sp³-hybridized carbons (Fsp3) is 0. The van der Waals surface area contributed by atoms with E-state index in [4.69, 9.17) is 11.1 Å². The van der Waals surface area contributed by atoms with Crippen LogP contribution >= 0.6 is 11.8 Å². The molecule has 2 aromatic heterocycles. The molecular formula is C10H9N5OS. The summed E-state index contributed by atoms with van der Waals surface area (Å²) in [7, 11) is 0. The van der Waals surface area contributed by atoms with Crippen LogP contribution in [-0.2, 0) is 0 Å². The van der Waals surface area contributed by atoms with Gasteiger partial charge >= 0.3 is 0 Å². The van der Waals surface area contributed by atoms with E-state index < -0.39 is 0 Å². The van der Waals surface area contributed by atoms with Crippen molar-refractivity contribution < 1.29 is 0 Å². The number of nitrogens with one attached hydrogen (secondary N) is 2. The molecule has 0 amide bonds. The van der Waals surface area contributed by atoms with E-state index in [1.54, 1.807) is 18.3 Å². The Balaban J connectivity index is 2.19. The summed E-state index contributed by atoms with van der Waals surface area (Å²) in [5, 5.41) is 7.70. The maximum absolute atomic E-state index is 11.1. The van der Waals surface area contributed by atoms with E-state index >= 15 is 0 Å². The molecular weight excluding hydrogens is 238 g/mol. The van der Waals surface area contributed by atoms with Gasteiger partial charge in [0.1, 0.15) is 11.5 Å². The number of nitrogens with two attached hydrogens (primary N) is 1. The lowest BCUT2D eigenvalue weighted by Gasteiger charge is -2.01. The van der Waals surface area contributed by atoms with E-state index in [1.807, 2.05) is 0 Å². The Morgan fingerprint density at radius 3 is 2.76 bits per heavy atom. The Kier molecular flexibility index (Phi) is 3.20. The molecule has 86 valence electrons. The summed E-state index contributed by atoms with van der Waals surface area (Å²) in [5.74, 6) is -0.0761. The van der Waals surface area contributed by atoms with Gasteiger partial charge in [-0.1, -0.05) is 11.8 Å². The molecule has 2 aromatic rings. The second-order valence-corrected chi connectivity index (χ2v) is 4.20. The van der Waals surface area contributed by atoms with Gasteiger partial charge in [0.15, 0.2) is 5.16 Å². The van der Waals surface area contributed by atoms with Gasteiger partial charge < -0.3 is 10.7 Å². The van der Waals surface area contributed by atoms with Crippen molar-refractivity contribution in [2.75, 3.05) is 0 Å². The van der Waals surface area contributed by atoms with Crippen molar-refractivity contribution in [2.24, 2.45) is 5.73 Å². The number of rotatable bonds is 3. The fourth-order valence-corrected chi connectivity index (χ4v) is 1.85. The molecule has 0 spiro atoms. The number of hydrogen-bond donors (Lipinski definition) is 3. The average Bonchev–Trinajstić information content (AvgIpc) is 2.29. The highest BCUT2D eigenvalue weighted by atomic mass is 32.2. The minimum absolute atomic E-state index is 0.0761. The molecule has 0 radical (unpaired) electrons. The summed E-state index contributed by atoms with van der Waals surface area (Å²) in [6.45, 7) is 0. The van der Waals surface area contributed by atoms with Crippen LogP contribution in [0.15, 0.2) is 45.4 Å². The van der Waals surface area contributed by atoms with Gasteiger partial charge in [-0.25, -0.2) is 4.98 Å². The normalized spacial score (nSPS) is 10.1. The monoisotopic (exact) mass is 247 g/mol. The molecule has 0 unspecified atom stereocenters. The zero-order chi connectivity index (χ0) is 12.3. The summed E-state index contributed by atoms with van der Waals surface area (Å²) in [6, 6.07) is 4.76. The van der Waals surface area contributed by atoms with Crippen LogP contribution in [0.25, 0.3) is 0 Å². The van der Waals surface area contributed by atoms with Gasteiger partial charge in [0.2, 0.25) is 0 Å². The first kappa shape index (κ1) is 11.3. The van der Waals surface area contributed by atoms with E-state index in [1.165, 1.54) is 24.0 Å². The predicted molar refractivity (Wildman–Crippen MR) is 64.2 cm³/mol. The number of nitrogens with zero attached hydrogens (tertiary/aromatic N) is 2. The van der Waals surface area contributed by atoms with Crippen molar-refractivity contribution in [3.8, 4) is 0 Å². The lowest BCUT2D eigenvalue weighted by atomic mass is 10.3. The predicted octanol–water partition coefficient (Wildman–Crippen LogP) is 0.600. The van der Waals surface area contributed by atoms with Gasteiger partial charge in [-0.05, 0) is 12.1 Å². The fourth-order valence-electron chi connectivity index (χ4n) is 1.12. The van der Waals surface area contributed by atoms with E-state index in [9.17, 15) is 4.79 Å². The van der Waals surface area contributed by atoms with Crippen molar-refractivity contribution in [2.45, 2.75) is 10.1 Å². The third kappa shape index (κ3) is 2.91. The molecule has 0 bridgehead atoms. The molecule has 0 saturated heterocycles. The largest absolute Gasteiger partial charge is 0.382 e. The lowest BCUT2D eigenvalue weighted by molar-refractivity contribution is 0.936. The van der Waals surface area contributed by atoms with E-state index in [0.29, 0.717) is 10.9 Å². The first-order valence-corrected chi connectivity index (χ1v) is 5.50. The quantitative estimate of drug-likeness (QED) is 0.418. The number of aromatic nitrogens is 3. The Labute approximate surface area is 101 Å². The standard InChI is InChI=1S/C10H9N5OS/c11-9(12)7-2-1-6(5-14-7)17-10-13-4-3-8(16)15-10/h1-5H,(H3,11,12)(H,13,15,16). The highest BCUT2D eigenvalue weighted by Crippen LogP contribution is 2.22. The van der Waals surface area contributed by atoms with Crippen LogP contribution in [0.1, 0.15) is 5.69 Å². The average molecular weight is 247 g/mol. The van der Waals surface area contributed by atoms with Crippen LogP contribution in [0, 0.1) is 5.41 Å². The molecule has 2 rings (SSSR count). The second kappa shape index (κ2) is 4.79. The number of hydrogen-bond acceptors (Lipinski definition) is 5. The van der Waals surface area contributed by atoms with Gasteiger partial charge in [0, 0.05) is 23.4 Å². The van der Waals surface area contributed by atoms with Crippen LogP contribution in [0.3, 0.4) is 0 Å². The van der Waals surface area contributed by atoms with Gasteiger partial charge in [0.05, 0.1) is 0 Å². The summed E-state index contributed by atoms with van der Waals surface area (Å²) in [6.07, 6.45) is 3.02. The van der Waals surface area contributed by atoms with E-state index in [2.05, 4.69) is 15.0 Å². The van der Waals surface area contributed by atoms with Gasteiger partial charge in [-0.3, -0.25) is 15.2 Å². The third-order valence-electron chi connectivity index (χ3n) is 1.87. The molecule has 0 saturated carbocycles. The van der Waals surface area contributed by atoms with Crippen molar-refractivity contribution in [1.82, 2.24) is 15.0 Å². The highest BCUT2D eigenvalue weighted by Gasteiger charge is 2.02. The minimum Gasteiger partial charge on any atom is -0.382 e. The van der Waals surface area contributed by atoms with E-state index in [0.717, 1.165) is 4.90 Å². The molecule has 0 aromatic carbocycles. The number of nitrogen functional groups attached to an aromatic ring is 1. The summed E-state index contributed by atoms with van der Waals surface area (Å²) in [5.41, 5.74) is 5.51. The van der Waals surface area contributed by atoms with Crippen molar-refractivity contribution in [1.29, 1.82) is 5.41 Å². The molecule has 0 aliphatic carbocycles. The molecule has 2 heterocycles. The molecule has 0 aliphatic rings. The third-order valence-corrected chi connectivity index (χ3v) is 2.75. The number of amidine groups is 1. The van der Waals surface area contributed by atoms with Gasteiger partial charge in [-0.2, -0.15) is 0 Å². The highest BCUT2D eigenvalue weighted by molar-refractivity contribution is 7.99. The van der Waals surface area contributed by atoms with Crippen LogP contribution in [0.4, 0.5) is 0 Å². The van der Waals surface area contributed by atoms with Crippen molar-refractivity contribution >= 4 is 17.6 Å². The smallest absolute Gasteiger partial charge is 0.251 e. The maximum atomic E-state index is 11.1. The molecule has 7 heteroatoms. The lowest BCUT2D eigenvalue weighted by Crippen LogP contribution is -2.12. The summed E-state index contributed by atoms with van der Waals surface area (Å²) >= 11 is 1.28. The molecule has 0 atom stereocenters. The Morgan fingerprint density at radius 1 is 1.35 bits per heavy atom. The zero-order valence-corrected chi connectivity index (χ0v) is 9.49. The van der Waals surface area contributed by atoms with Crippen LogP contribution in [0.2, 0.25) is 0 Å². The zero-order valence-electron chi connectivity index (χ0n) is 8.68. The van der Waals surface area contributed by atoms with Crippen molar-refractivity contribution in [3.05, 3.63) is 46.6 Å². The Morgan fingerprint density at radius 2 is 2.18 bits per heavy atom. The molecule has 6 nitrogen and oxygen atoms in total. The number of pyridine rings is 1. The summed E-state index contributed by atoms with van der Waals surface area (Å²) in [4.78, 5) is 22.5. The minimum atomic E-state index is -0.198. The molecule has 0 aliphatic heterocycles. The molecule has 4 N–H and O–H groups in total. The number of H-pyrrole nitrogens is 1. The maximum Gasteiger partial charge on any atom is 0.251 e. The van der Waals surface area contributed by atoms with Crippen LogP contribution < -0.4 is 11.3 Å². The van der Waals surface area contributed by atoms with Crippen LogP contribution in [0.5, 0.6) is 0 Å². The Hall–Kier alpha value is -2.15. The van der Waals surface area contributed by atoms with Gasteiger partial charge in [0.25, 0.3) is 5.56 Å². The SMILES string of the molecule is N=C(N)c1ccc(Sc2nccc(=O)[nH]2)cn1. The first-order valence-electron chi connectivity index (χ1n) is 4.69.